The molecule has 1 aromatic carbocycles. The lowest BCUT2D eigenvalue weighted by atomic mass is 10.1. The maximum atomic E-state index is 6.34. The predicted molar refractivity (Wildman–Crippen MR) is 81.1 cm³/mol. The Morgan fingerprint density at radius 3 is 2.58 bits per heavy atom. The highest BCUT2D eigenvalue weighted by atomic mass is 79.9. The second-order valence-electron chi connectivity index (χ2n) is 5.25. The zero-order chi connectivity index (χ0) is 14.2. The summed E-state index contributed by atoms with van der Waals surface area (Å²) in [6.45, 7) is 6.61. The van der Waals surface area contributed by atoms with E-state index in [1.165, 1.54) is 0 Å². The van der Waals surface area contributed by atoms with Crippen molar-refractivity contribution < 1.29 is 0 Å². The molecule has 0 aliphatic heterocycles. The molecule has 2 rings (SSSR count). The molecule has 2 aromatic rings. The average Bonchev–Trinajstić information content (AvgIpc) is 2.76. The predicted octanol–water partition coefficient (Wildman–Crippen LogP) is 3.57. The van der Waals surface area contributed by atoms with Gasteiger partial charge in [0.05, 0.1) is 11.6 Å². The Labute approximate surface area is 126 Å². The lowest BCUT2D eigenvalue weighted by Gasteiger charge is -2.25. The van der Waals surface area contributed by atoms with Crippen LogP contribution in [0.15, 0.2) is 22.7 Å². The van der Waals surface area contributed by atoms with Gasteiger partial charge in [-0.15, -0.1) is 10.2 Å². The molecule has 6 heteroatoms. The molecule has 19 heavy (non-hydrogen) atoms. The fourth-order valence-electron chi connectivity index (χ4n) is 2.00. The number of aromatic nitrogens is 3. The summed E-state index contributed by atoms with van der Waals surface area (Å²) >= 11 is 9.77. The summed E-state index contributed by atoms with van der Waals surface area (Å²) in [5, 5.41) is 9.04. The molecule has 0 bridgehead atoms. The van der Waals surface area contributed by atoms with E-state index in [9.17, 15) is 0 Å². The molecule has 2 N–H and O–H groups in total. The van der Waals surface area contributed by atoms with Gasteiger partial charge in [0.2, 0.25) is 0 Å². The van der Waals surface area contributed by atoms with Crippen LogP contribution < -0.4 is 5.73 Å². The van der Waals surface area contributed by atoms with Gasteiger partial charge in [-0.2, -0.15) is 0 Å². The highest BCUT2D eigenvalue weighted by molar-refractivity contribution is 9.10. The smallest absolute Gasteiger partial charge is 0.166 e. The minimum Gasteiger partial charge on any atom is -0.324 e. The lowest BCUT2D eigenvalue weighted by Crippen LogP contribution is -2.26. The van der Waals surface area contributed by atoms with Gasteiger partial charge in [0.25, 0.3) is 0 Å². The van der Waals surface area contributed by atoms with Crippen LogP contribution in [0.1, 0.15) is 26.6 Å². The minimum absolute atomic E-state index is 0.167. The zero-order valence-corrected chi connectivity index (χ0v) is 13.5. The van der Waals surface area contributed by atoms with Gasteiger partial charge in [-0.3, -0.25) is 0 Å². The Kier molecular flexibility index (Phi) is 3.99. The molecule has 0 saturated carbocycles. The fraction of sp³-hybridized carbons (Fsp3) is 0.385. The Balaban J connectivity index is 2.70. The van der Waals surface area contributed by atoms with Crippen LogP contribution in [0.2, 0.25) is 5.02 Å². The Bertz CT molecular complexity index is 601. The van der Waals surface area contributed by atoms with Crippen LogP contribution in [0.25, 0.3) is 11.4 Å². The van der Waals surface area contributed by atoms with E-state index >= 15 is 0 Å². The van der Waals surface area contributed by atoms with E-state index in [1.54, 1.807) is 0 Å². The van der Waals surface area contributed by atoms with E-state index in [0.29, 0.717) is 11.6 Å². The summed E-state index contributed by atoms with van der Waals surface area (Å²) in [6, 6.07) is 5.75. The molecular weight excluding hydrogens is 328 g/mol. The molecule has 1 aromatic heterocycles. The van der Waals surface area contributed by atoms with E-state index < -0.39 is 0 Å². The summed E-state index contributed by atoms with van der Waals surface area (Å²) in [4.78, 5) is 0. The Hall–Kier alpha value is -0.910. The van der Waals surface area contributed by atoms with Gasteiger partial charge in [0.15, 0.2) is 5.82 Å². The number of hydrogen-bond donors (Lipinski definition) is 1. The molecule has 0 amide bonds. The van der Waals surface area contributed by atoms with Gasteiger partial charge in [-0.25, -0.2) is 0 Å². The van der Waals surface area contributed by atoms with Gasteiger partial charge in [0.1, 0.15) is 5.82 Å². The first-order valence-electron chi connectivity index (χ1n) is 5.95. The molecule has 4 nitrogen and oxygen atoms in total. The Morgan fingerprint density at radius 2 is 2.00 bits per heavy atom. The van der Waals surface area contributed by atoms with Crippen molar-refractivity contribution >= 4 is 27.5 Å². The molecule has 0 spiro atoms. The van der Waals surface area contributed by atoms with Gasteiger partial charge >= 0.3 is 0 Å². The zero-order valence-electron chi connectivity index (χ0n) is 11.1. The number of nitrogens with zero attached hydrogens (tertiary/aromatic N) is 3. The van der Waals surface area contributed by atoms with E-state index in [0.717, 1.165) is 21.7 Å². The first-order valence-corrected chi connectivity index (χ1v) is 7.12. The summed E-state index contributed by atoms with van der Waals surface area (Å²) in [6.07, 6.45) is 0. The standard InChI is InChI=1S/C13H16BrClN4/c1-13(2,3)19-10(7-16)17-18-12(19)8-5-4-6-9(14)11(8)15/h4-6H,7,16H2,1-3H3. The summed E-state index contributed by atoms with van der Waals surface area (Å²) in [5.74, 6) is 1.48. The molecule has 102 valence electrons. The van der Waals surface area contributed by atoms with E-state index in [-0.39, 0.29) is 5.54 Å². The van der Waals surface area contributed by atoms with Crippen LogP contribution >= 0.6 is 27.5 Å². The summed E-state index contributed by atoms with van der Waals surface area (Å²) in [5.41, 5.74) is 6.42. The van der Waals surface area contributed by atoms with Crippen LogP contribution in [-0.4, -0.2) is 14.8 Å². The molecule has 0 unspecified atom stereocenters. The third kappa shape index (κ3) is 2.68. The summed E-state index contributed by atoms with van der Waals surface area (Å²) in [7, 11) is 0. The highest BCUT2D eigenvalue weighted by Crippen LogP contribution is 2.35. The van der Waals surface area contributed by atoms with Crippen molar-refractivity contribution in [3.05, 3.63) is 33.5 Å². The molecule has 0 atom stereocenters. The van der Waals surface area contributed by atoms with Crippen LogP contribution in [-0.2, 0) is 12.1 Å². The highest BCUT2D eigenvalue weighted by Gasteiger charge is 2.24. The molecule has 0 aliphatic carbocycles. The van der Waals surface area contributed by atoms with Crippen LogP contribution in [0.5, 0.6) is 0 Å². The van der Waals surface area contributed by atoms with Crippen LogP contribution in [0.3, 0.4) is 0 Å². The number of halogens is 2. The lowest BCUT2D eigenvalue weighted by molar-refractivity contribution is 0.386. The molecule has 0 radical (unpaired) electrons. The topological polar surface area (TPSA) is 56.7 Å². The van der Waals surface area contributed by atoms with Crippen molar-refractivity contribution in [3.8, 4) is 11.4 Å². The van der Waals surface area contributed by atoms with Crippen molar-refractivity contribution in [3.63, 3.8) is 0 Å². The van der Waals surface area contributed by atoms with Crippen molar-refractivity contribution in [1.29, 1.82) is 0 Å². The summed E-state index contributed by atoms with van der Waals surface area (Å²) < 4.78 is 2.87. The van der Waals surface area contributed by atoms with Crippen molar-refractivity contribution in [2.75, 3.05) is 0 Å². The maximum Gasteiger partial charge on any atom is 0.166 e. The van der Waals surface area contributed by atoms with Crippen molar-refractivity contribution in [1.82, 2.24) is 14.8 Å². The van der Waals surface area contributed by atoms with Gasteiger partial charge < -0.3 is 10.3 Å². The largest absolute Gasteiger partial charge is 0.324 e. The van der Waals surface area contributed by atoms with Crippen LogP contribution in [0.4, 0.5) is 0 Å². The van der Waals surface area contributed by atoms with E-state index in [2.05, 4.69) is 46.9 Å². The second kappa shape index (κ2) is 5.23. The quantitative estimate of drug-likeness (QED) is 0.907. The molecular formula is C13H16BrClN4. The van der Waals surface area contributed by atoms with E-state index in [4.69, 9.17) is 17.3 Å². The number of benzene rings is 1. The van der Waals surface area contributed by atoms with Gasteiger partial charge in [-0.05, 0) is 48.8 Å². The molecule has 0 fully saturated rings. The fourth-order valence-corrected chi connectivity index (χ4v) is 2.58. The molecule has 1 heterocycles. The monoisotopic (exact) mass is 342 g/mol. The first kappa shape index (κ1) is 14.5. The van der Waals surface area contributed by atoms with Crippen molar-refractivity contribution in [2.45, 2.75) is 32.9 Å². The molecule has 0 aliphatic rings. The third-order valence-corrected chi connectivity index (χ3v) is 4.07. The normalized spacial score (nSPS) is 11.9. The molecule has 0 saturated heterocycles. The minimum atomic E-state index is -0.167. The van der Waals surface area contributed by atoms with E-state index in [1.807, 2.05) is 22.8 Å². The average molecular weight is 344 g/mol. The van der Waals surface area contributed by atoms with Crippen molar-refractivity contribution in [2.24, 2.45) is 5.73 Å². The SMILES string of the molecule is CC(C)(C)n1c(CN)nnc1-c1cccc(Br)c1Cl. The second-order valence-corrected chi connectivity index (χ2v) is 6.48. The number of rotatable bonds is 2. The van der Waals surface area contributed by atoms with Gasteiger partial charge in [0, 0.05) is 15.6 Å². The van der Waals surface area contributed by atoms with Crippen LogP contribution in [0, 0.1) is 0 Å². The number of nitrogens with two attached hydrogens (primary N) is 1. The third-order valence-electron chi connectivity index (χ3n) is 2.78. The number of hydrogen-bond acceptors (Lipinski definition) is 3. The Morgan fingerprint density at radius 1 is 1.32 bits per heavy atom. The first-order chi connectivity index (χ1) is 8.86. The maximum absolute atomic E-state index is 6.34. The van der Waals surface area contributed by atoms with Gasteiger partial charge in [-0.1, -0.05) is 17.7 Å².